The second kappa shape index (κ2) is 2.58. The highest BCUT2D eigenvalue weighted by molar-refractivity contribution is 5.75. The van der Waals surface area contributed by atoms with E-state index in [1.54, 1.807) is 19.0 Å². The van der Waals surface area contributed by atoms with E-state index < -0.39 is 0 Å². The molecular formula is C4H10N2O. The fourth-order valence-corrected chi connectivity index (χ4v) is 0.312. The number of primary amides is 1. The molecule has 0 heterocycles. The Morgan fingerprint density at radius 1 is 1.71 bits per heavy atom. The van der Waals surface area contributed by atoms with E-state index in [2.05, 4.69) is 0 Å². The summed E-state index contributed by atoms with van der Waals surface area (Å²) in [6.45, 7) is 0.333. The predicted molar refractivity (Wildman–Crippen MR) is 27.7 cm³/mol. The monoisotopic (exact) mass is 102 g/mol. The Morgan fingerprint density at radius 2 is 2.14 bits per heavy atom. The molecule has 0 radical (unpaired) electrons. The molecule has 0 saturated heterocycles. The second-order valence-corrected chi connectivity index (χ2v) is 1.70. The number of hydrogen-bond acceptors (Lipinski definition) is 2. The summed E-state index contributed by atoms with van der Waals surface area (Å²) in [5, 5.41) is 0. The topological polar surface area (TPSA) is 46.3 Å². The minimum atomic E-state index is -0.287. The first-order valence-electron chi connectivity index (χ1n) is 2.06. The van der Waals surface area contributed by atoms with Crippen LogP contribution in [-0.4, -0.2) is 31.4 Å². The average molecular weight is 102 g/mol. The fourth-order valence-electron chi connectivity index (χ4n) is 0.312. The van der Waals surface area contributed by atoms with Crippen LogP contribution in [0.4, 0.5) is 0 Å². The molecule has 7 heavy (non-hydrogen) atoms. The van der Waals surface area contributed by atoms with Gasteiger partial charge in [-0.15, -0.1) is 0 Å². The van der Waals surface area contributed by atoms with E-state index in [0.29, 0.717) is 6.54 Å². The summed E-state index contributed by atoms with van der Waals surface area (Å²) in [5.74, 6) is -0.287. The van der Waals surface area contributed by atoms with Gasteiger partial charge in [-0.2, -0.15) is 0 Å². The maximum Gasteiger partial charge on any atom is 0.231 e. The van der Waals surface area contributed by atoms with Gasteiger partial charge in [0.1, 0.15) is 0 Å². The van der Waals surface area contributed by atoms with Crippen LogP contribution >= 0.6 is 0 Å². The number of likely N-dealkylation sites (N-methyl/N-ethyl adjacent to an activating group) is 1. The summed E-state index contributed by atoms with van der Waals surface area (Å²) in [7, 11) is 3.59. The van der Waals surface area contributed by atoms with Gasteiger partial charge in [-0.25, -0.2) is 0 Å². The summed E-state index contributed by atoms with van der Waals surface area (Å²) < 4.78 is 0. The Balaban J connectivity index is 3.13. The summed E-state index contributed by atoms with van der Waals surface area (Å²) in [6.07, 6.45) is 0. The van der Waals surface area contributed by atoms with Crippen molar-refractivity contribution >= 4 is 5.91 Å². The molecule has 0 saturated carbocycles. The normalized spacial score (nSPS) is 9.57. The van der Waals surface area contributed by atoms with Gasteiger partial charge in [-0.3, -0.25) is 4.79 Å². The SMILES string of the molecule is CN(C)CC(N)=O. The maximum absolute atomic E-state index is 9.99. The van der Waals surface area contributed by atoms with Crippen molar-refractivity contribution in [2.45, 2.75) is 0 Å². The van der Waals surface area contributed by atoms with E-state index in [1.165, 1.54) is 0 Å². The molecule has 0 rings (SSSR count). The van der Waals surface area contributed by atoms with Gasteiger partial charge in [-0.05, 0) is 14.1 Å². The first kappa shape index (κ1) is 6.43. The lowest BCUT2D eigenvalue weighted by Gasteiger charge is -2.02. The second-order valence-electron chi connectivity index (χ2n) is 1.70. The van der Waals surface area contributed by atoms with E-state index in [9.17, 15) is 4.79 Å². The molecule has 0 unspecified atom stereocenters. The molecule has 0 atom stereocenters. The van der Waals surface area contributed by atoms with E-state index in [1.807, 2.05) is 0 Å². The van der Waals surface area contributed by atoms with Crippen molar-refractivity contribution in [1.82, 2.24) is 4.90 Å². The number of carbonyl (C=O) groups is 1. The number of nitrogens with two attached hydrogens (primary N) is 1. The molecular weight excluding hydrogens is 92.1 g/mol. The Morgan fingerprint density at radius 3 is 2.14 bits per heavy atom. The Hall–Kier alpha value is -0.570. The van der Waals surface area contributed by atoms with Gasteiger partial charge in [0, 0.05) is 0 Å². The van der Waals surface area contributed by atoms with E-state index in [4.69, 9.17) is 5.73 Å². The van der Waals surface area contributed by atoms with Crippen LogP contribution in [0.25, 0.3) is 0 Å². The van der Waals surface area contributed by atoms with Crippen molar-refractivity contribution in [1.29, 1.82) is 0 Å². The standard InChI is InChI=1S/C4H10N2O/c1-6(2)3-4(5)7/h3H2,1-2H3,(H2,5,7). The van der Waals surface area contributed by atoms with Crippen molar-refractivity contribution in [3.8, 4) is 0 Å². The molecule has 0 bridgehead atoms. The van der Waals surface area contributed by atoms with Crippen LogP contribution in [0.1, 0.15) is 0 Å². The highest BCUT2D eigenvalue weighted by Crippen LogP contribution is 1.67. The molecule has 2 N–H and O–H groups in total. The zero-order chi connectivity index (χ0) is 5.86. The average Bonchev–Trinajstić information content (AvgIpc) is 1.27. The van der Waals surface area contributed by atoms with Gasteiger partial charge in [0.2, 0.25) is 5.91 Å². The van der Waals surface area contributed by atoms with Crippen molar-refractivity contribution < 1.29 is 4.79 Å². The van der Waals surface area contributed by atoms with Crippen LogP contribution in [0.5, 0.6) is 0 Å². The molecule has 0 aliphatic heterocycles. The van der Waals surface area contributed by atoms with Crippen molar-refractivity contribution in [2.75, 3.05) is 20.6 Å². The molecule has 0 aromatic heterocycles. The summed E-state index contributed by atoms with van der Waals surface area (Å²) >= 11 is 0. The first-order chi connectivity index (χ1) is 3.13. The Kier molecular flexibility index (Phi) is 2.37. The minimum Gasteiger partial charge on any atom is -0.369 e. The minimum absolute atomic E-state index is 0.287. The molecule has 0 aliphatic carbocycles. The van der Waals surface area contributed by atoms with Crippen molar-refractivity contribution in [3.63, 3.8) is 0 Å². The van der Waals surface area contributed by atoms with Crippen LogP contribution in [0.3, 0.4) is 0 Å². The smallest absolute Gasteiger partial charge is 0.231 e. The van der Waals surface area contributed by atoms with Crippen LogP contribution in [-0.2, 0) is 4.79 Å². The van der Waals surface area contributed by atoms with Crippen LogP contribution < -0.4 is 5.73 Å². The Labute approximate surface area is 43.1 Å². The van der Waals surface area contributed by atoms with Gasteiger partial charge in [0.05, 0.1) is 6.54 Å². The van der Waals surface area contributed by atoms with Crippen molar-refractivity contribution in [2.24, 2.45) is 5.73 Å². The fraction of sp³-hybridized carbons (Fsp3) is 0.750. The molecule has 0 fully saturated rings. The van der Waals surface area contributed by atoms with Gasteiger partial charge in [0.25, 0.3) is 0 Å². The van der Waals surface area contributed by atoms with E-state index in [-0.39, 0.29) is 5.91 Å². The third-order valence-electron chi connectivity index (χ3n) is 0.472. The first-order valence-corrected chi connectivity index (χ1v) is 2.06. The number of rotatable bonds is 2. The lowest BCUT2D eigenvalue weighted by Crippen LogP contribution is -2.27. The molecule has 0 aromatic rings. The zero-order valence-electron chi connectivity index (χ0n) is 4.64. The molecule has 1 amide bonds. The maximum atomic E-state index is 9.99. The number of hydrogen-bond donors (Lipinski definition) is 1. The summed E-state index contributed by atoms with van der Waals surface area (Å²) in [5.41, 5.74) is 4.81. The van der Waals surface area contributed by atoms with E-state index >= 15 is 0 Å². The van der Waals surface area contributed by atoms with Gasteiger partial charge in [0.15, 0.2) is 0 Å². The molecule has 42 valence electrons. The molecule has 0 aliphatic rings. The highest BCUT2D eigenvalue weighted by Gasteiger charge is 1.92. The van der Waals surface area contributed by atoms with Gasteiger partial charge >= 0.3 is 0 Å². The van der Waals surface area contributed by atoms with Gasteiger partial charge < -0.3 is 10.6 Å². The quantitative estimate of drug-likeness (QED) is 0.487. The third kappa shape index (κ3) is 5.43. The van der Waals surface area contributed by atoms with Crippen molar-refractivity contribution in [3.05, 3.63) is 0 Å². The highest BCUT2D eigenvalue weighted by atomic mass is 16.1. The number of carbonyl (C=O) groups excluding carboxylic acids is 1. The summed E-state index contributed by atoms with van der Waals surface area (Å²) in [4.78, 5) is 11.7. The van der Waals surface area contributed by atoms with Crippen LogP contribution in [0.15, 0.2) is 0 Å². The van der Waals surface area contributed by atoms with E-state index in [0.717, 1.165) is 0 Å². The van der Waals surface area contributed by atoms with Crippen LogP contribution in [0, 0.1) is 0 Å². The zero-order valence-corrected chi connectivity index (χ0v) is 4.64. The number of amides is 1. The summed E-state index contributed by atoms with van der Waals surface area (Å²) in [6, 6.07) is 0. The molecule has 0 aromatic carbocycles. The predicted octanol–water partition coefficient (Wildman–Crippen LogP) is -0.967. The largest absolute Gasteiger partial charge is 0.369 e. The third-order valence-corrected chi connectivity index (χ3v) is 0.472. The molecule has 3 nitrogen and oxygen atoms in total. The van der Waals surface area contributed by atoms with Crippen LogP contribution in [0.2, 0.25) is 0 Å². The molecule has 0 spiro atoms. The van der Waals surface area contributed by atoms with Gasteiger partial charge in [-0.1, -0.05) is 0 Å². The Bertz CT molecular complexity index is 70.1. The molecule has 3 heteroatoms. The lowest BCUT2D eigenvalue weighted by atomic mass is 10.6. The lowest BCUT2D eigenvalue weighted by molar-refractivity contribution is -0.118. The number of nitrogens with zero attached hydrogens (tertiary/aromatic N) is 1.